The van der Waals surface area contributed by atoms with E-state index in [2.05, 4.69) is 5.32 Å². The van der Waals surface area contributed by atoms with Crippen molar-refractivity contribution in [3.63, 3.8) is 0 Å². The van der Waals surface area contributed by atoms with Gasteiger partial charge in [-0.25, -0.2) is 0 Å². The van der Waals surface area contributed by atoms with Crippen molar-refractivity contribution in [2.45, 2.75) is 31.9 Å². The topological polar surface area (TPSA) is 58.3 Å². The summed E-state index contributed by atoms with van der Waals surface area (Å²) in [6, 6.07) is 8.02. The van der Waals surface area contributed by atoms with Gasteiger partial charge in [0.25, 0.3) is 0 Å². The van der Waals surface area contributed by atoms with Crippen LogP contribution in [0, 0.1) is 5.92 Å². The summed E-state index contributed by atoms with van der Waals surface area (Å²) in [6.45, 7) is 4.49. The number of nitrogens with one attached hydrogen (secondary N) is 1. The zero-order valence-corrected chi connectivity index (χ0v) is 10.4. The average Bonchev–Trinajstić information content (AvgIpc) is 2.40. The minimum Gasteiger partial charge on any atom is -0.385 e. The number of nitrogens with two attached hydrogens (primary N) is 1. The molecule has 0 aromatic heterocycles. The Morgan fingerprint density at radius 2 is 1.88 bits per heavy atom. The van der Waals surface area contributed by atoms with Crippen molar-refractivity contribution in [1.82, 2.24) is 5.32 Å². The zero-order valence-electron chi connectivity index (χ0n) is 10.4. The Hall–Kier alpha value is -0.900. The van der Waals surface area contributed by atoms with Gasteiger partial charge in [0.05, 0.1) is 5.60 Å². The van der Waals surface area contributed by atoms with E-state index < -0.39 is 5.60 Å². The first kappa shape index (κ1) is 12.6. The largest absolute Gasteiger partial charge is 0.385 e. The molecule has 0 amide bonds. The molecule has 1 aliphatic rings. The molecule has 1 aromatic rings. The smallest absolute Gasteiger partial charge is 0.0897 e. The first-order valence-electron chi connectivity index (χ1n) is 6.37. The summed E-state index contributed by atoms with van der Waals surface area (Å²) >= 11 is 0. The maximum Gasteiger partial charge on any atom is 0.0897 e. The van der Waals surface area contributed by atoms with E-state index >= 15 is 0 Å². The molecule has 0 radical (unpaired) electrons. The Kier molecular flexibility index (Phi) is 3.82. The molecule has 3 heteroatoms. The molecule has 1 fully saturated rings. The Balaban J connectivity index is 2.17. The monoisotopic (exact) mass is 234 g/mol. The molecule has 1 aromatic carbocycles. The van der Waals surface area contributed by atoms with Crippen molar-refractivity contribution in [3.05, 3.63) is 35.4 Å². The summed E-state index contributed by atoms with van der Waals surface area (Å²) in [5.41, 5.74) is 6.96. The lowest BCUT2D eigenvalue weighted by Gasteiger charge is -2.36. The zero-order chi connectivity index (χ0) is 12.3. The van der Waals surface area contributed by atoms with Gasteiger partial charge < -0.3 is 16.2 Å². The molecular weight excluding hydrogens is 212 g/mol. The predicted octanol–water partition coefficient (Wildman–Crippen LogP) is 1.35. The quantitative estimate of drug-likeness (QED) is 0.740. The lowest BCUT2D eigenvalue weighted by molar-refractivity contribution is -0.0186. The second kappa shape index (κ2) is 5.17. The molecule has 17 heavy (non-hydrogen) atoms. The van der Waals surface area contributed by atoms with Gasteiger partial charge in [-0.05, 0) is 49.9 Å². The summed E-state index contributed by atoms with van der Waals surface area (Å²) in [4.78, 5) is 0. The van der Waals surface area contributed by atoms with Gasteiger partial charge in [0.15, 0.2) is 0 Å². The van der Waals surface area contributed by atoms with E-state index in [1.165, 1.54) is 0 Å². The fourth-order valence-electron chi connectivity index (χ4n) is 2.60. The summed E-state index contributed by atoms with van der Waals surface area (Å²) < 4.78 is 0. The van der Waals surface area contributed by atoms with Gasteiger partial charge in [0, 0.05) is 6.54 Å². The highest BCUT2D eigenvalue weighted by Crippen LogP contribution is 2.34. The molecule has 0 bridgehead atoms. The standard InChI is InChI=1S/C14H22N2O/c1-14(17,13-6-8-16-9-7-13)12-4-2-11(10-15)3-5-12/h2-5,13,16-17H,6-10,15H2,1H3. The molecule has 0 aliphatic carbocycles. The van der Waals surface area contributed by atoms with Gasteiger partial charge >= 0.3 is 0 Å². The highest BCUT2D eigenvalue weighted by atomic mass is 16.3. The molecule has 1 unspecified atom stereocenters. The Morgan fingerprint density at radius 3 is 2.41 bits per heavy atom. The number of piperidine rings is 1. The van der Waals surface area contributed by atoms with Gasteiger partial charge in [0.1, 0.15) is 0 Å². The molecule has 1 heterocycles. The van der Waals surface area contributed by atoms with Crippen molar-refractivity contribution in [2.75, 3.05) is 13.1 Å². The van der Waals surface area contributed by atoms with E-state index in [-0.39, 0.29) is 0 Å². The maximum absolute atomic E-state index is 10.7. The minimum absolute atomic E-state index is 0.340. The number of rotatable bonds is 3. The SMILES string of the molecule is CC(O)(c1ccc(CN)cc1)C1CCNCC1. The molecule has 94 valence electrons. The Bertz CT molecular complexity index is 353. The van der Waals surface area contributed by atoms with E-state index in [4.69, 9.17) is 5.73 Å². The van der Waals surface area contributed by atoms with Crippen LogP contribution in [-0.2, 0) is 12.1 Å². The van der Waals surface area contributed by atoms with Crippen LogP contribution in [0.15, 0.2) is 24.3 Å². The van der Waals surface area contributed by atoms with Crippen LogP contribution in [0.2, 0.25) is 0 Å². The number of hydrogen-bond acceptors (Lipinski definition) is 3. The van der Waals surface area contributed by atoms with Gasteiger partial charge in [0.2, 0.25) is 0 Å². The maximum atomic E-state index is 10.7. The molecular formula is C14H22N2O. The van der Waals surface area contributed by atoms with E-state index in [0.717, 1.165) is 37.1 Å². The van der Waals surface area contributed by atoms with Crippen LogP contribution in [0.4, 0.5) is 0 Å². The summed E-state index contributed by atoms with van der Waals surface area (Å²) in [6.07, 6.45) is 2.07. The van der Waals surface area contributed by atoms with Gasteiger partial charge in [-0.1, -0.05) is 24.3 Å². The lowest BCUT2D eigenvalue weighted by Crippen LogP contribution is -2.39. The predicted molar refractivity (Wildman–Crippen MR) is 69.5 cm³/mol. The second-order valence-corrected chi connectivity index (χ2v) is 5.07. The first-order valence-corrected chi connectivity index (χ1v) is 6.37. The highest BCUT2D eigenvalue weighted by molar-refractivity contribution is 5.27. The summed E-state index contributed by atoms with van der Waals surface area (Å²) in [5, 5.41) is 14.0. The van der Waals surface area contributed by atoms with E-state index in [0.29, 0.717) is 12.5 Å². The number of benzene rings is 1. The molecule has 1 atom stereocenters. The molecule has 4 N–H and O–H groups in total. The molecule has 0 saturated carbocycles. The minimum atomic E-state index is -0.727. The first-order chi connectivity index (χ1) is 8.14. The van der Waals surface area contributed by atoms with Crippen molar-refractivity contribution in [1.29, 1.82) is 0 Å². The average molecular weight is 234 g/mol. The summed E-state index contributed by atoms with van der Waals surface area (Å²) in [5.74, 6) is 0.340. The van der Waals surface area contributed by atoms with Crippen molar-refractivity contribution >= 4 is 0 Å². The lowest BCUT2D eigenvalue weighted by atomic mass is 9.77. The second-order valence-electron chi connectivity index (χ2n) is 5.07. The van der Waals surface area contributed by atoms with Gasteiger partial charge in [-0.3, -0.25) is 0 Å². The van der Waals surface area contributed by atoms with Crippen LogP contribution in [0.25, 0.3) is 0 Å². The van der Waals surface area contributed by atoms with E-state index in [1.54, 1.807) is 0 Å². The van der Waals surface area contributed by atoms with Crippen LogP contribution in [0.1, 0.15) is 30.9 Å². The Morgan fingerprint density at radius 1 is 1.29 bits per heavy atom. The summed E-state index contributed by atoms with van der Waals surface area (Å²) in [7, 11) is 0. The van der Waals surface area contributed by atoms with Crippen LogP contribution >= 0.6 is 0 Å². The third kappa shape index (κ3) is 2.68. The van der Waals surface area contributed by atoms with Gasteiger partial charge in [-0.15, -0.1) is 0 Å². The molecule has 0 spiro atoms. The molecule has 3 nitrogen and oxygen atoms in total. The van der Waals surface area contributed by atoms with Crippen LogP contribution in [0.3, 0.4) is 0 Å². The normalized spacial score (nSPS) is 21.1. The fraction of sp³-hybridized carbons (Fsp3) is 0.571. The van der Waals surface area contributed by atoms with Crippen LogP contribution < -0.4 is 11.1 Å². The van der Waals surface area contributed by atoms with E-state index in [9.17, 15) is 5.11 Å². The van der Waals surface area contributed by atoms with Crippen LogP contribution in [0.5, 0.6) is 0 Å². The van der Waals surface area contributed by atoms with Crippen molar-refractivity contribution in [2.24, 2.45) is 11.7 Å². The molecule has 1 saturated heterocycles. The Labute approximate surface area is 103 Å². The van der Waals surface area contributed by atoms with E-state index in [1.807, 2.05) is 31.2 Å². The molecule has 2 rings (SSSR count). The van der Waals surface area contributed by atoms with Crippen molar-refractivity contribution < 1.29 is 5.11 Å². The van der Waals surface area contributed by atoms with Gasteiger partial charge in [-0.2, -0.15) is 0 Å². The fourth-order valence-corrected chi connectivity index (χ4v) is 2.60. The number of aliphatic hydroxyl groups is 1. The number of hydrogen-bond donors (Lipinski definition) is 3. The van der Waals surface area contributed by atoms with Crippen molar-refractivity contribution in [3.8, 4) is 0 Å². The van der Waals surface area contributed by atoms with Crippen LogP contribution in [-0.4, -0.2) is 18.2 Å². The third-order valence-electron chi connectivity index (χ3n) is 3.91. The highest BCUT2D eigenvalue weighted by Gasteiger charge is 2.34. The molecule has 1 aliphatic heterocycles. The third-order valence-corrected chi connectivity index (χ3v) is 3.91.